The van der Waals surface area contributed by atoms with Gasteiger partial charge in [0.1, 0.15) is 18.3 Å². The molecule has 0 aliphatic rings. The summed E-state index contributed by atoms with van der Waals surface area (Å²) in [6.07, 6.45) is 0.592. The average molecular weight is 199 g/mol. The summed E-state index contributed by atoms with van der Waals surface area (Å²) < 4.78 is 4.82. The highest BCUT2D eigenvalue weighted by Crippen LogP contribution is 2.21. The van der Waals surface area contributed by atoms with E-state index in [1.165, 1.54) is 19.2 Å². The molecule has 78 valence electrons. The lowest BCUT2D eigenvalue weighted by atomic mass is 10.2. The minimum atomic E-state index is -0.0562. The van der Waals surface area contributed by atoms with Crippen molar-refractivity contribution < 1.29 is 19.4 Å². The molecular formula is C9H13NO4. The molecule has 0 saturated heterocycles. The first-order chi connectivity index (χ1) is 6.27. The normalized spacial score (nSPS) is 7.50. The SMILES string of the molecule is C=O.COc1ccc(C=O)c(O)c1.N. The van der Waals surface area contributed by atoms with Crippen LogP contribution in [0.1, 0.15) is 10.4 Å². The molecule has 0 atom stereocenters. The molecule has 1 rings (SSSR count). The Morgan fingerprint density at radius 1 is 1.43 bits per heavy atom. The van der Waals surface area contributed by atoms with Crippen molar-refractivity contribution in [2.45, 2.75) is 0 Å². The zero-order chi connectivity index (χ0) is 10.3. The van der Waals surface area contributed by atoms with Crippen LogP contribution in [0.15, 0.2) is 18.2 Å². The van der Waals surface area contributed by atoms with Gasteiger partial charge in [-0.15, -0.1) is 0 Å². The van der Waals surface area contributed by atoms with Crippen LogP contribution in [-0.2, 0) is 4.79 Å². The Kier molecular flexibility index (Phi) is 8.10. The standard InChI is InChI=1S/C8H8O3.CH2O.H3N/c1-11-7-3-2-6(5-9)8(10)4-7;1-2;/h2-5,10H,1H3;1H2;1H3. The molecule has 0 bridgehead atoms. The van der Waals surface area contributed by atoms with Gasteiger partial charge in [-0.2, -0.15) is 0 Å². The largest absolute Gasteiger partial charge is 0.507 e. The summed E-state index contributed by atoms with van der Waals surface area (Å²) >= 11 is 0. The summed E-state index contributed by atoms with van der Waals surface area (Å²) in [4.78, 5) is 18.2. The van der Waals surface area contributed by atoms with Crippen molar-refractivity contribution in [3.63, 3.8) is 0 Å². The molecule has 0 aromatic heterocycles. The molecule has 0 heterocycles. The number of aromatic hydroxyl groups is 1. The number of hydrogen-bond acceptors (Lipinski definition) is 5. The quantitative estimate of drug-likeness (QED) is 0.697. The second-order valence-electron chi connectivity index (χ2n) is 2.04. The molecule has 1 aromatic rings. The van der Waals surface area contributed by atoms with Crippen LogP contribution in [0.3, 0.4) is 0 Å². The number of phenolic OH excluding ortho intramolecular Hbond substituents is 1. The molecule has 0 amide bonds. The van der Waals surface area contributed by atoms with E-state index in [1.54, 1.807) is 6.07 Å². The highest BCUT2D eigenvalue weighted by Gasteiger charge is 1.99. The number of carbonyl (C=O) groups excluding carboxylic acids is 2. The first kappa shape index (κ1) is 14.6. The number of rotatable bonds is 2. The maximum absolute atomic E-state index is 10.2. The van der Waals surface area contributed by atoms with E-state index in [-0.39, 0.29) is 17.5 Å². The second-order valence-corrected chi connectivity index (χ2v) is 2.04. The average Bonchev–Trinajstić information content (AvgIpc) is 2.20. The van der Waals surface area contributed by atoms with Gasteiger partial charge in [0.05, 0.1) is 12.7 Å². The predicted molar refractivity (Wildman–Crippen MR) is 52.2 cm³/mol. The van der Waals surface area contributed by atoms with Crippen molar-refractivity contribution in [3.8, 4) is 11.5 Å². The number of methoxy groups -OCH3 is 1. The van der Waals surface area contributed by atoms with Crippen molar-refractivity contribution in [1.82, 2.24) is 6.15 Å². The Hall–Kier alpha value is -1.88. The lowest BCUT2D eigenvalue weighted by Crippen LogP contribution is -1.85. The predicted octanol–water partition coefficient (Wildman–Crippen LogP) is 1.19. The fourth-order valence-corrected chi connectivity index (χ4v) is 0.750. The lowest BCUT2D eigenvalue weighted by molar-refractivity contribution is -0.0979. The molecule has 0 fully saturated rings. The molecular weight excluding hydrogens is 186 g/mol. The minimum absolute atomic E-state index is 0. The molecule has 0 spiro atoms. The van der Waals surface area contributed by atoms with E-state index in [4.69, 9.17) is 14.6 Å². The summed E-state index contributed by atoms with van der Waals surface area (Å²) in [6, 6.07) is 4.51. The summed E-state index contributed by atoms with van der Waals surface area (Å²) in [7, 11) is 1.50. The molecule has 0 radical (unpaired) electrons. The first-order valence-corrected chi connectivity index (χ1v) is 3.39. The van der Waals surface area contributed by atoms with Gasteiger partial charge in [0, 0.05) is 6.07 Å². The van der Waals surface area contributed by atoms with E-state index in [1.807, 2.05) is 6.79 Å². The number of carbonyl (C=O) groups is 2. The second kappa shape index (κ2) is 7.75. The van der Waals surface area contributed by atoms with Crippen LogP contribution in [0.4, 0.5) is 0 Å². The summed E-state index contributed by atoms with van der Waals surface area (Å²) in [5.74, 6) is 0.479. The molecule has 5 nitrogen and oxygen atoms in total. The molecule has 0 aliphatic heterocycles. The number of benzene rings is 1. The van der Waals surface area contributed by atoms with Gasteiger partial charge in [0.15, 0.2) is 6.29 Å². The molecule has 0 aliphatic carbocycles. The van der Waals surface area contributed by atoms with E-state index in [0.29, 0.717) is 12.0 Å². The van der Waals surface area contributed by atoms with E-state index >= 15 is 0 Å². The van der Waals surface area contributed by atoms with Crippen LogP contribution in [0.2, 0.25) is 0 Å². The third-order valence-corrected chi connectivity index (χ3v) is 1.36. The molecule has 4 N–H and O–H groups in total. The van der Waals surface area contributed by atoms with Crippen LogP contribution >= 0.6 is 0 Å². The molecule has 1 aromatic carbocycles. The Morgan fingerprint density at radius 2 is 2.00 bits per heavy atom. The monoisotopic (exact) mass is 199 g/mol. The van der Waals surface area contributed by atoms with Crippen LogP contribution in [0.25, 0.3) is 0 Å². The summed E-state index contributed by atoms with van der Waals surface area (Å²) in [5.41, 5.74) is 0.269. The number of phenols is 1. The highest BCUT2D eigenvalue weighted by atomic mass is 16.5. The Balaban J connectivity index is 0. The number of hydrogen-bond donors (Lipinski definition) is 2. The van der Waals surface area contributed by atoms with E-state index in [2.05, 4.69) is 0 Å². The van der Waals surface area contributed by atoms with Crippen LogP contribution in [0.5, 0.6) is 11.5 Å². The maximum atomic E-state index is 10.2. The third-order valence-electron chi connectivity index (χ3n) is 1.36. The zero-order valence-electron chi connectivity index (χ0n) is 7.90. The number of ether oxygens (including phenoxy) is 1. The Labute approximate surface area is 81.9 Å². The first-order valence-electron chi connectivity index (χ1n) is 3.39. The summed E-state index contributed by atoms with van der Waals surface area (Å²) in [6.45, 7) is 2.00. The van der Waals surface area contributed by atoms with Gasteiger partial charge in [-0.05, 0) is 12.1 Å². The smallest absolute Gasteiger partial charge is 0.153 e. The van der Waals surface area contributed by atoms with E-state index < -0.39 is 0 Å². The lowest BCUT2D eigenvalue weighted by Gasteiger charge is -2.00. The topological polar surface area (TPSA) is 98.6 Å². The maximum Gasteiger partial charge on any atom is 0.153 e. The third kappa shape index (κ3) is 3.68. The fraction of sp³-hybridized carbons (Fsp3) is 0.111. The molecule has 0 unspecified atom stereocenters. The van der Waals surface area contributed by atoms with Gasteiger partial charge in [0.2, 0.25) is 0 Å². The van der Waals surface area contributed by atoms with Crippen molar-refractivity contribution in [2.75, 3.05) is 7.11 Å². The minimum Gasteiger partial charge on any atom is -0.507 e. The van der Waals surface area contributed by atoms with Gasteiger partial charge >= 0.3 is 0 Å². The van der Waals surface area contributed by atoms with E-state index in [9.17, 15) is 4.79 Å². The van der Waals surface area contributed by atoms with Crippen molar-refractivity contribution in [3.05, 3.63) is 23.8 Å². The Morgan fingerprint density at radius 3 is 2.36 bits per heavy atom. The van der Waals surface area contributed by atoms with Crippen LogP contribution in [0, 0.1) is 0 Å². The van der Waals surface area contributed by atoms with Gasteiger partial charge < -0.3 is 20.8 Å². The molecule has 0 saturated carbocycles. The molecule has 5 heteroatoms. The van der Waals surface area contributed by atoms with Gasteiger partial charge in [0.25, 0.3) is 0 Å². The van der Waals surface area contributed by atoms with Gasteiger partial charge in [-0.3, -0.25) is 4.79 Å². The van der Waals surface area contributed by atoms with Crippen LogP contribution < -0.4 is 10.9 Å². The van der Waals surface area contributed by atoms with Crippen molar-refractivity contribution >= 4 is 13.1 Å². The highest BCUT2D eigenvalue weighted by molar-refractivity contribution is 5.79. The van der Waals surface area contributed by atoms with Crippen molar-refractivity contribution in [2.24, 2.45) is 0 Å². The van der Waals surface area contributed by atoms with Crippen LogP contribution in [-0.4, -0.2) is 25.3 Å². The van der Waals surface area contributed by atoms with Gasteiger partial charge in [-0.1, -0.05) is 0 Å². The van der Waals surface area contributed by atoms with E-state index in [0.717, 1.165) is 0 Å². The number of aldehydes is 1. The fourth-order valence-electron chi connectivity index (χ4n) is 0.750. The van der Waals surface area contributed by atoms with Crippen molar-refractivity contribution in [1.29, 1.82) is 0 Å². The van der Waals surface area contributed by atoms with Gasteiger partial charge in [-0.25, -0.2) is 0 Å². The Bertz CT molecular complexity index is 288. The summed E-state index contributed by atoms with van der Waals surface area (Å²) in [5, 5.41) is 9.11. The zero-order valence-corrected chi connectivity index (χ0v) is 7.90. The molecule has 14 heavy (non-hydrogen) atoms.